The third-order valence-corrected chi connectivity index (χ3v) is 2.57. The Kier molecular flexibility index (Phi) is 3.17. The molecule has 0 atom stereocenters. The monoisotopic (exact) mass is 237 g/mol. The number of benzene rings is 1. The molecular formula is C12H13F2N3. The van der Waals surface area contributed by atoms with Crippen molar-refractivity contribution >= 4 is 0 Å². The number of rotatable bonds is 3. The smallest absolute Gasteiger partial charge is 0.137 e. The summed E-state index contributed by atoms with van der Waals surface area (Å²) in [4.78, 5) is 0. The van der Waals surface area contributed by atoms with Crippen LogP contribution in [0.4, 0.5) is 8.78 Å². The second-order valence-corrected chi connectivity index (χ2v) is 4.16. The Bertz CT molecular complexity index is 520. The van der Waals surface area contributed by atoms with E-state index in [1.165, 1.54) is 12.1 Å². The van der Waals surface area contributed by atoms with Gasteiger partial charge < -0.3 is 4.57 Å². The highest BCUT2D eigenvalue weighted by Crippen LogP contribution is 2.15. The fourth-order valence-electron chi connectivity index (χ4n) is 1.66. The van der Waals surface area contributed by atoms with Crippen molar-refractivity contribution in [1.29, 1.82) is 0 Å². The molecule has 90 valence electrons. The zero-order valence-corrected chi connectivity index (χ0v) is 9.69. The Hall–Kier alpha value is -1.78. The molecule has 1 aromatic carbocycles. The highest BCUT2D eigenvalue weighted by molar-refractivity contribution is 5.22. The normalized spacial score (nSPS) is 11.1. The molecule has 3 nitrogen and oxygen atoms in total. The summed E-state index contributed by atoms with van der Waals surface area (Å²) in [6, 6.07) is 3.77. The molecule has 0 saturated heterocycles. The van der Waals surface area contributed by atoms with Gasteiger partial charge in [-0.2, -0.15) is 0 Å². The van der Waals surface area contributed by atoms with Gasteiger partial charge in [-0.3, -0.25) is 0 Å². The van der Waals surface area contributed by atoms with Crippen molar-refractivity contribution < 1.29 is 8.78 Å². The first kappa shape index (κ1) is 11.7. The van der Waals surface area contributed by atoms with Crippen molar-refractivity contribution in [2.24, 2.45) is 0 Å². The molecule has 2 rings (SSSR count). The second-order valence-electron chi connectivity index (χ2n) is 4.16. The molecule has 0 spiro atoms. The van der Waals surface area contributed by atoms with Crippen LogP contribution in [0.5, 0.6) is 0 Å². The van der Waals surface area contributed by atoms with Gasteiger partial charge in [0.25, 0.3) is 0 Å². The molecule has 0 saturated carbocycles. The van der Waals surface area contributed by atoms with Crippen LogP contribution in [0.25, 0.3) is 0 Å². The molecular weight excluding hydrogens is 224 g/mol. The summed E-state index contributed by atoms with van der Waals surface area (Å²) in [7, 11) is 0. The van der Waals surface area contributed by atoms with Gasteiger partial charge in [-0.15, -0.1) is 10.2 Å². The molecule has 0 unspecified atom stereocenters. The molecule has 0 N–H and O–H groups in total. The van der Waals surface area contributed by atoms with E-state index in [1.54, 1.807) is 6.33 Å². The Morgan fingerprint density at radius 3 is 2.71 bits per heavy atom. The zero-order chi connectivity index (χ0) is 12.4. The maximum atomic E-state index is 13.5. The zero-order valence-electron chi connectivity index (χ0n) is 9.69. The Morgan fingerprint density at radius 2 is 2.06 bits per heavy atom. The number of halogens is 2. The van der Waals surface area contributed by atoms with Crippen molar-refractivity contribution in [2.45, 2.75) is 26.3 Å². The molecule has 0 amide bonds. The molecule has 0 bridgehead atoms. The second kappa shape index (κ2) is 4.61. The highest BCUT2D eigenvalue weighted by atomic mass is 19.1. The van der Waals surface area contributed by atoms with E-state index >= 15 is 0 Å². The summed E-state index contributed by atoms with van der Waals surface area (Å²) in [6.07, 6.45) is 1.92. The minimum atomic E-state index is -0.573. The number of nitrogens with zero attached hydrogens (tertiary/aromatic N) is 3. The van der Waals surface area contributed by atoms with E-state index in [4.69, 9.17) is 0 Å². The number of aromatic nitrogens is 3. The van der Waals surface area contributed by atoms with Crippen LogP contribution in [-0.4, -0.2) is 14.8 Å². The molecule has 0 radical (unpaired) electrons. The van der Waals surface area contributed by atoms with Gasteiger partial charge in [0, 0.05) is 18.5 Å². The van der Waals surface area contributed by atoms with Crippen molar-refractivity contribution in [3.8, 4) is 0 Å². The first-order valence-electron chi connectivity index (χ1n) is 5.40. The standard InChI is InChI=1S/C12H13F2N3/c1-8(2)17-7-15-16-12(17)5-9-3-4-10(13)6-11(9)14/h3-4,6-8H,5H2,1-2H3. The summed E-state index contributed by atoms with van der Waals surface area (Å²) in [6.45, 7) is 3.99. The molecule has 0 aliphatic heterocycles. The Balaban J connectivity index is 2.28. The lowest BCUT2D eigenvalue weighted by Crippen LogP contribution is -2.07. The largest absolute Gasteiger partial charge is 0.315 e. The van der Waals surface area contributed by atoms with E-state index in [-0.39, 0.29) is 6.04 Å². The van der Waals surface area contributed by atoms with Gasteiger partial charge in [0.2, 0.25) is 0 Å². The minimum Gasteiger partial charge on any atom is -0.315 e. The van der Waals surface area contributed by atoms with Gasteiger partial charge in [0.05, 0.1) is 0 Å². The van der Waals surface area contributed by atoms with Gasteiger partial charge in [-0.1, -0.05) is 6.07 Å². The van der Waals surface area contributed by atoms with Crippen LogP contribution in [-0.2, 0) is 6.42 Å². The quantitative estimate of drug-likeness (QED) is 0.821. The fourth-order valence-corrected chi connectivity index (χ4v) is 1.66. The van der Waals surface area contributed by atoms with E-state index in [2.05, 4.69) is 10.2 Å². The molecule has 2 aromatic rings. The maximum absolute atomic E-state index is 13.5. The van der Waals surface area contributed by atoms with Gasteiger partial charge >= 0.3 is 0 Å². The first-order chi connectivity index (χ1) is 8.08. The van der Waals surface area contributed by atoms with E-state index in [1.807, 2.05) is 18.4 Å². The minimum absolute atomic E-state index is 0.212. The maximum Gasteiger partial charge on any atom is 0.137 e. The third kappa shape index (κ3) is 2.49. The predicted octanol–water partition coefficient (Wildman–Crippen LogP) is 2.73. The number of hydrogen-bond acceptors (Lipinski definition) is 2. The summed E-state index contributed by atoms with van der Waals surface area (Å²) >= 11 is 0. The van der Waals surface area contributed by atoms with Crippen LogP contribution in [0, 0.1) is 11.6 Å². The Morgan fingerprint density at radius 1 is 1.29 bits per heavy atom. The lowest BCUT2D eigenvalue weighted by Gasteiger charge is -2.10. The average Bonchev–Trinajstić information content (AvgIpc) is 2.70. The molecule has 17 heavy (non-hydrogen) atoms. The van der Waals surface area contributed by atoms with Gasteiger partial charge in [0.1, 0.15) is 23.8 Å². The third-order valence-electron chi connectivity index (χ3n) is 2.57. The lowest BCUT2D eigenvalue weighted by molar-refractivity contribution is 0.556. The first-order valence-corrected chi connectivity index (χ1v) is 5.40. The fraction of sp³-hybridized carbons (Fsp3) is 0.333. The Labute approximate surface area is 98.1 Å². The number of hydrogen-bond donors (Lipinski definition) is 0. The van der Waals surface area contributed by atoms with Crippen molar-refractivity contribution in [3.63, 3.8) is 0 Å². The SMILES string of the molecule is CC(C)n1cnnc1Cc1ccc(F)cc1F. The van der Waals surface area contributed by atoms with E-state index in [0.29, 0.717) is 17.8 Å². The predicted molar refractivity (Wildman–Crippen MR) is 59.6 cm³/mol. The van der Waals surface area contributed by atoms with E-state index < -0.39 is 11.6 Å². The van der Waals surface area contributed by atoms with Crippen LogP contribution in [0.2, 0.25) is 0 Å². The van der Waals surface area contributed by atoms with Crippen LogP contribution < -0.4 is 0 Å². The molecule has 5 heteroatoms. The summed E-state index contributed by atoms with van der Waals surface area (Å²) in [5, 5.41) is 7.75. The topological polar surface area (TPSA) is 30.7 Å². The van der Waals surface area contributed by atoms with Crippen LogP contribution in [0.15, 0.2) is 24.5 Å². The van der Waals surface area contributed by atoms with Crippen LogP contribution in [0.1, 0.15) is 31.3 Å². The summed E-state index contributed by atoms with van der Waals surface area (Å²) < 4.78 is 28.1. The molecule has 1 heterocycles. The van der Waals surface area contributed by atoms with Crippen molar-refractivity contribution in [3.05, 3.63) is 47.5 Å². The van der Waals surface area contributed by atoms with Crippen LogP contribution in [0.3, 0.4) is 0 Å². The van der Waals surface area contributed by atoms with Crippen molar-refractivity contribution in [1.82, 2.24) is 14.8 Å². The van der Waals surface area contributed by atoms with Crippen molar-refractivity contribution in [2.75, 3.05) is 0 Å². The van der Waals surface area contributed by atoms with Gasteiger partial charge in [0.15, 0.2) is 0 Å². The van der Waals surface area contributed by atoms with E-state index in [0.717, 1.165) is 6.07 Å². The molecule has 0 aliphatic carbocycles. The van der Waals surface area contributed by atoms with Gasteiger partial charge in [-0.25, -0.2) is 8.78 Å². The van der Waals surface area contributed by atoms with E-state index in [9.17, 15) is 8.78 Å². The summed E-state index contributed by atoms with van der Waals surface area (Å²) in [5.41, 5.74) is 0.418. The molecule has 1 aromatic heterocycles. The molecule has 0 fully saturated rings. The highest BCUT2D eigenvalue weighted by Gasteiger charge is 2.11. The van der Waals surface area contributed by atoms with Gasteiger partial charge in [-0.05, 0) is 25.5 Å². The lowest BCUT2D eigenvalue weighted by atomic mass is 10.1. The average molecular weight is 237 g/mol. The summed E-state index contributed by atoms with van der Waals surface area (Å²) in [5.74, 6) is -0.453. The van der Waals surface area contributed by atoms with Crippen LogP contribution >= 0.6 is 0 Å². The molecule has 0 aliphatic rings.